The Bertz CT molecular complexity index is 414. The van der Waals surface area contributed by atoms with Gasteiger partial charge >= 0.3 is 5.97 Å². The van der Waals surface area contributed by atoms with Crippen LogP contribution in [0.15, 0.2) is 22.7 Å². The van der Waals surface area contributed by atoms with E-state index in [1.807, 2.05) is 12.1 Å². The van der Waals surface area contributed by atoms with E-state index in [1.165, 1.54) is 0 Å². The molecule has 4 nitrogen and oxygen atoms in total. The molecule has 0 amide bonds. The van der Waals surface area contributed by atoms with Crippen LogP contribution >= 0.6 is 27.5 Å². The first-order valence-electron chi connectivity index (χ1n) is 5.00. The number of halogens is 2. The first kappa shape index (κ1) is 14.4. The van der Waals surface area contributed by atoms with E-state index in [-0.39, 0.29) is 6.42 Å². The number of rotatable bonds is 5. The van der Waals surface area contributed by atoms with Crippen LogP contribution in [0.25, 0.3) is 0 Å². The number of nitrogens with two attached hydrogens (primary N) is 1. The Balaban J connectivity index is 2.62. The minimum atomic E-state index is -1.43. The van der Waals surface area contributed by atoms with Crippen molar-refractivity contribution in [1.82, 2.24) is 0 Å². The summed E-state index contributed by atoms with van der Waals surface area (Å²) in [7, 11) is 0. The fourth-order valence-corrected chi connectivity index (χ4v) is 2.19. The SMILES string of the molecule is N[C@H](Cc1ccc(Br)cc1Cl)C[C@@H](O)C(=O)O. The van der Waals surface area contributed by atoms with Crippen molar-refractivity contribution in [1.29, 1.82) is 0 Å². The van der Waals surface area contributed by atoms with Crippen molar-refractivity contribution in [2.75, 3.05) is 0 Å². The van der Waals surface area contributed by atoms with E-state index in [0.717, 1.165) is 10.0 Å². The zero-order chi connectivity index (χ0) is 13.0. The van der Waals surface area contributed by atoms with Crippen molar-refractivity contribution in [3.63, 3.8) is 0 Å². The van der Waals surface area contributed by atoms with Crippen LogP contribution in [0.3, 0.4) is 0 Å². The third kappa shape index (κ3) is 4.63. The monoisotopic (exact) mass is 321 g/mol. The van der Waals surface area contributed by atoms with Crippen LogP contribution in [0.1, 0.15) is 12.0 Å². The molecule has 0 aliphatic heterocycles. The lowest BCUT2D eigenvalue weighted by atomic mass is 10.0. The Kier molecular flexibility index (Phi) is 5.39. The molecular weight excluding hydrogens is 309 g/mol. The van der Waals surface area contributed by atoms with Gasteiger partial charge in [0.05, 0.1) is 0 Å². The van der Waals surface area contributed by atoms with Gasteiger partial charge in [0, 0.05) is 15.5 Å². The predicted octanol–water partition coefficient (Wildman–Crippen LogP) is 1.81. The highest BCUT2D eigenvalue weighted by Crippen LogP contribution is 2.22. The van der Waals surface area contributed by atoms with Gasteiger partial charge in [-0.2, -0.15) is 0 Å². The molecule has 2 atom stereocenters. The van der Waals surface area contributed by atoms with Crippen LogP contribution in [0.2, 0.25) is 5.02 Å². The molecule has 0 aromatic heterocycles. The molecule has 6 heteroatoms. The van der Waals surface area contributed by atoms with Gasteiger partial charge < -0.3 is 15.9 Å². The van der Waals surface area contributed by atoms with Crippen molar-refractivity contribution in [2.45, 2.75) is 25.0 Å². The molecule has 1 aromatic rings. The van der Waals surface area contributed by atoms with Crippen molar-refractivity contribution in [3.8, 4) is 0 Å². The molecule has 0 unspecified atom stereocenters. The summed E-state index contributed by atoms with van der Waals surface area (Å²) in [6, 6.07) is 4.96. The molecule has 0 bridgehead atoms. The lowest BCUT2D eigenvalue weighted by molar-refractivity contribution is -0.147. The molecule has 0 aliphatic rings. The van der Waals surface area contributed by atoms with E-state index in [1.54, 1.807) is 6.07 Å². The number of hydrogen-bond acceptors (Lipinski definition) is 3. The van der Waals surface area contributed by atoms with Gasteiger partial charge in [-0.1, -0.05) is 33.6 Å². The number of hydrogen-bond donors (Lipinski definition) is 3. The molecule has 0 saturated carbocycles. The third-order valence-corrected chi connectivity index (χ3v) is 3.15. The maximum Gasteiger partial charge on any atom is 0.332 e. The molecule has 4 N–H and O–H groups in total. The highest BCUT2D eigenvalue weighted by Gasteiger charge is 2.18. The molecule has 1 aromatic carbocycles. The topological polar surface area (TPSA) is 83.5 Å². The largest absolute Gasteiger partial charge is 0.479 e. The number of aliphatic hydroxyl groups excluding tert-OH is 1. The van der Waals surface area contributed by atoms with E-state index in [4.69, 9.17) is 27.5 Å². The van der Waals surface area contributed by atoms with Gasteiger partial charge in [0.25, 0.3) is 0 Å². The average molecular weight is 323 g/mol. The van der Waals surface area contributed by atoms with Crippen molar-refractivity contribution >= 4 is 33.5 Å². The maximum atomic E-state index is 10.5. The Hall–Kier alpha value is -0.620. The van der Waals surface area contributed by atoms with Crippen LogP contribution in [-0.2, 0) is 11.2 Å². The summed E-state index contributed by atoms with van der Waals surface area (Å²) >= 11 is 9.30. The van der Waals surface area contributed by atoms with Crippen molar-refractivity contribution < 1.29 is 15.0 Å². The maximum absolute atomic E-state index is 10.5. The minimum absolute atomic E-state index is 0.00171. The van der Waals surface area contributed by atoms with Crippen LogP contribution in [0.5, 0.6) is 0 Å². The highest BCUT2D eigenvalue weighted by atomic mass is 79.9. The molecule has 0 saturated heterocycles. The van der Waals surface area contributed by atoms with Gasteiger partial charge in [0.15, 0.2) is 6.10 Å². The minimum Gasteiger partial charge on any atom is -0.479 e. The van der Waals surface area contributed by atoms with Crippen molar-refractivity contribution in [3.05, 3.63) is 33.3 Å². The first-order valence-corrected chi connectivity index (χ1v) is 6.17. The van der Waals surface area contributed by atoms with Gasteiger partial charge in [-0.05, 0) is 30.5 Å². The summed E-state index contributed by atoms with van der Waals surface area (Å²) < 4.78 is 0.866. The molecule has 94 valence electrons. The molecular formula is C11H13BrClNO3. The zero-order valence-electron chi connectivity index (χ0n) is 8.94. The summed E-state index contributed by atoms with van der Waals surface area (Å²) in [4.78, 5) is 10.5. The second-order valence-corrected chi connectivity index (χ2v) is 5.11. The number of aliphatic hydroxyl groups is 1. The second-order valence-electron chi connectivity index (χ2n) is 3.79. The first-order chi connectivity index (χ1) is 7.90. The van der Waals surface area contributed by atoms with E-state index < -0.39 is 18.1 Å². The van der Waals surface area contributed by atoms with E-state index >= 15 is 0 Å². The quantitative estimate of drug-likeness (QED) is 0.772. The summed E-state index contributed by atoms with van der Waals surface area (Å²) in [5.41, 5.74) is 6.59. The van der Waals surface area contributed by atoms with Crippen LogP contribution in [-0.4, -0.2) is 28.3 Å². The smallest absolute Gasteiger partial charge is 0.332 e. The fourth-order valence-electron chi connectivity index (χ4n) is 1.44. The average Bonchev–Trinajstić information content (AvgIpc) is 2.22. The van der Waals surface area contributed by atoms with Crippen LogP contribution in [0.4, 0.5) is 0 Å². The Morgan fingerprint density at radius 1 is 1.53 bits per heavy atom. The van der Waals surface area contributed by atoms with E-state index in [2.05, 4.69) is 15.9 Å². The fraction of sp³-hybridized carbons (Fsp3) is 0.364. The molecule has 1 rings (SSSR count). The number of carbonyl (C=O) groups is 1. The summed E-state index contributed by atoms with van der Waals surface area (Å²) in [6.07, 6.45) is -1.00. The molecule has 0 radical (unpaired) electrons. The molecule has 0 fully saturated rings. The van der Waals surface area contributed by atoms with E-state index in [0.29, 0.717) is 11.4 Å². The van der Waals surface area contributed by atoms with Gasteiger partial charge in [-0.3, -0.25) is 0 Å². The predicted molar refractivity (Wildman–Crippen MR) is 69.1 cm³/mol. The highest BCUT2D eigenvalue weighted by molar-refractivity contribution is 9.10. The van der Waals surface area contributed by atoms with Gasteiger partial charge in [-0.25, -0.2) is 4.79 Å². The summed E-state index contributed by atoms with van der Waals surface area (Å²) in [6.45, 7) is 0. The lowest BCUT2D eigenvalue weighted by Gasteiger charge is -2.14. The molecule has 17 heavy (non-hydrogen) atoms. The van der Waals surface area contributed by atoms with Gasteiger partial charge in [-0.15, -0.1) is 0 Å². The molecule has 0 heterocycles. The Morgan fingerprint density at radius 3 is 2.71 bits per heavy atom. The Morgan fingerprint density at radius 2 is 2.18 bits per heavy atom. The third-order valence-electron chi connectivity index (χ3n) is 2.31. The summed E-state index contributed by atoms with van der Waals surface area (Å²) in [5.74, 6) is -1.26. The van der Waals surface area contributed by atoms with E-state index in [9.17, 15) is 4.79 Å². The summed E-state index contributed by atoms with van der Waals surface area (Å²) in [5, 5.41) is 18.3. The van der Waals surface area contributed by atoms with Crippen LogP contribution in [0, 0.1) is 0 Å². The number of carboxylic acid groups (broad SMARTS) is 1. The second kappa shape index (κ2) is 6.35. The zero-order valence-corrected chi connectivity index (χ0v) is 11.3. The van der Waals surface area contributed by atoms with Crippen molar-refractivity contribution in [2.24, 2.45) is 5.73 Å². The standard InChI is InChI=1S/C11H13BrClNO3/c12-7-2-1-6(9(13)4-7)3-8(14)5-10(15)11(16)17/h1-2,4,8,10,15H,3,5,14H2,(H,16,17)/t8-,10-/m1/s1. The molecule has 0 aliphatic carbocycles. The van der Waals surface area contributed by atoms with Gasteiger partial charge in [0.1, 0.15) is 0 Å². The Labute approximate surface area is 113 Å². The van der Waals surface area contributed by atoms with Crippen LogP contribution < -0.4 is 5.73 Å². The van der Waals surface area contributed by atoms with Gasteiger partial charge in [0.2, 0.25) is 0 Å². The number of benzene rings is 1. The molecule has 0 spiro atoms. The normalized spacial score (nSPS) is 14.4. The number of carboxylic acids is 1. The lowest BCUT2D eigenvalue weighted by Crippen LogP contribution is -2.32. The number of aliphatic carboxylic acids is 1.